The highest BCUT2D eigenvalue weighted by Crippen LogP contribution is 2.17. The zero-order valence-electron chi connectivity index (χ0n) is 24.9. The molecule has 0 saturated carbocycles. The van der Waals surface area contributed by atoms with Crippen LogP contribution in [0.4, 0.5) is 16.2 Å². The third-order valence-corrected chi connectivity index (χ3v) is 6.36. The van der Waals surface area contributed by atoms with Crippen molar-refractivity contribution in [1.29, 1.82) is 0 Å². The molecule has 1 amide bonds. The molecule has 2 aromatic rings. The van der Waals surface area contributed by atoms with Crippen LogP contribution in [0, 0.1) is 0 Å². The molecule has 0 aliphatic carbocycles. The monoisotopic (exact) mass is 572 g/mol. The molecular weight excluding hydrogens is 524 g/mol. The maximum atomic E-state index is 11.7. The molecule has 2 aliphatic rings. The number of nitrogen functional groups attached to an aromatic ring is 1. The van der Waals surface area contributed by atoms with Crippen molar-refractivity contribution < 1.29 is 28.5 Å². The Morgan fingerprint density at radius 1 is 0.780 bits per heavy atom. The Morgan fingerprint density at radius 2 is 1.22 bits per heavy atom. The zero-order valence-corrected chi connectivity index (χ0v) is 24.9. The predicted octanol–water partition coefficient (Wildman–Crippen LogP) is 4.50. The second-order valence-corrected chi connectivity index (χ2v) is 11.0. The number of nitrogens with zero attached hydrogens (tertiary/aromatic N) is 2. The van der Waals surface area contributed by atoms with Gasteiger partial charge in [-0.2, -0.15) is 0 Å². The molecule has 228 valence electrons. The van der Waals surface area contributed by atoms with Gasteiger partial charge in [0.15, 0.2) is 0 Å². The molecule has 41 heavy (non-hydrogen) atoms. The summed E-state index contributed by atoms with van der Waals surface area (Å²) in [7, 11) is 0. The molecule has 0 unspecified atom stereocenters. The van der Waals surface area contributed by atoms with Gasteiger partial charge in [0.05, 0.1) is 39.6 Å². The molecule has 4 rings (SSSR count). The smallest absolute Gasteiger partial charge is 0.412 e. The van der Waals surface area contributed by atoms with Crippen molar-refractivity contribution in [2.45, 2.75) is 39.2 Å². The second-order valence-electron chi connectivity index (χ2n) is 11.0. The minimum Gasteiger partial charge on any atom is -0.494 e. The van der Waals surface area contributed by atoms with Gasteiger partial charge in [-0.3, -0.25) is 15.1 Å². The Labute approximate surface area is 245 Å². The lowest BCUT2D eigenvalue weighted by atomic mass is 10.2. The number of hydrogen-bond acceptors (Lipinski definition) is 9. The second kappa shape index (κ2) is 17.7. The maximum absolute atomic E-state index is 11.7. The van der Waals surface area contributed by atoms with Crippen LogP contribution in [0.25, 0.3) is 0 Å². The van der Waals surface area contributed by atoms with Gasteiger partial charge in [-0.05, 0) is 82.1 Å². The van der Waals surface area contributed by atoms with Crippen LogP contribution in [-0.2, 0) is 14.2 Å². The van der Waals surface area contributed by atoms with Crippen LogP contribution in [-0.4, -0.2) is 100 Å². The van der Waals surface area contributed by atoms with Crippen LogP contribution in [0.5, 0.6) is 11.5 Å². The first kappa shape index (κ1) is 32.5. The molecule has 2 saturated heterocycles. The van der Waals surface area contributed by atoms with Crippen molar-refractivity contribution in [3.8, 4) is 11.5 Å². The number of nitrogens with two attached hydrogens (primary N) is 1. The molecule has 2 aliphatic heterocycles. The number of hydrogen-bond donors (Lipinski definition) is 2. The van der Waals surface area contributed by atoms with Gasteiger partial charge in [-0.1, -0.05) is 0 Å². The lowest BCUT2D eigenvalue weighted by Crippen LogP contribution is -2.37. The molecule has 10 heteroatoms. The van der Waals surface area contributed by atoms with Gasteiger partial charge in [0.25, 0.3) is 0 Å². The fourth-order valence-electron chi connectivity index (χ4n) is 4.23. The van der Waals surface area contributed by atoms with Crippen LogP contribution >= 0.6 is 0 Å². The van der Waals surface area contributed by atoms with Gasteiger partial charge < -0.3 is 29.4 Å². The van der Waals surface area contributed by atoms with Gasteiger partial charge in [-0.25, -0.2) is 4.79 Å². The summed E-state index contributed by atoms with van der Waals surface area (Å²) in [5.41, 5.74) is 6.55. The van der Waals surface area contributed by atoms with E-state index < -0.39 is 11.7 Å². The number of anilines is 2. The lowest BCUT2D eigenvalue weighted by molar-refractivity contribution is 0.0357. The molecule has 0 bridgehead atoms. The van der Waals surface area contributed by atoms with Crippen molar-refractivity contribution in [2.75, 3.05) is 90.0 Å². The van der Waals surface area contributed by atoms with E-state index in [1.54, 1.807) is 12.1 Å². The van der Waals surface area contributed by atoms with Gasteiger partial charge in [0.2, 0.25) is 0 Å². The number of rotatable bonds is 11. The summed E-state index contributed by atoms with van der Waals surface area (Å²) in [5, 5.41) is 2.70. The first-order chi connectivity index (χ1) is 19.8. The van der Waals surface area contributed by atoms with E-state index in [4.69, 9.17) is 29.4 Å². The van der Waals surface area contributed by atoms with E-state index in [0.29, 0.717) is 12.3 Å². The van der Waals surface area contributed by atoms with E-state index in [1.807, 2.05) is 57.2 Å². The summed E-state index contributed by atoms with van der Waals surface area (Å²) >= 11 is 0. The highest BCUT2D eigenvalue weighted by molar-refractivity contribution is 5.84. The number of carbonyl (C=O) groups excluding carboxylic acids is 1. The highest BCUT2D eigenvalue weighted by Gasteiger charge is 2.16. The number of morpholine rings is 2. The number of amides is 1. The first-order valence-electron chi connectivity index (χ1n) is 14.6. The summed E-state index contributed by atoms with van der Waals surface area (Å²) in [6, 6.07) is 14.8. The Bertz CT molecular complexity index is 985. The van der Waals surface area contributed by atoms with Gasteiger partial charge in [0.1, 0.15) is 17.1 Å². The Morgan fingerprint density at radius 3 is 1.66 bits per heavy atom. The van der Waals surface area contributed by atoms with Gasteiger partial charge >= 0.3 is 6.09 Å². The Hall–Kier alpha value is -3.05. The van der Waals surface area contributed by atoms with Crippen molar-refractivity contribution in [3.63, 3.8) is 0 Å². The molecule has 0 atom stereocenters. The van der Waals surface area contributed by atoms with Crippen LogP contribution in [0.15, 0.2) is 48.5 Å². The van der Waals surface area contributed by atoms with Gasteiger partial charge in [-0.15, -0.1) is 0 Å². The summed E-state index contributed by atoms with van der Waals surface area (Å²) in [5.74, 6) is 1.69. The Kier molecular flexibility index (Phi) is 14.0. The van der Waals surface area contributed by atoms with E-state index >= 15 is 0 Å². The van der Waals surface area contributed by atoms with Crippen molar-refractivity contribution in [3.05, 3.63) is 48.5 Å². The topological polar surface area (TPSA) is 108 Å². The summed E-state index contributed by atoms with van der Waals surface area (Å²) in [4.78, 5) is 16.5. The van der Waals surface area contributed by atoms with E-state index in [-0.39, 0.29) is 0 Å². The van der Waals surface area contributed by atoms with Crippen molar-refractivity contribution in [2.24, 2.45) is 0 Å². The molecule has 3 N–H and O–H groups in total. The lowest BCUT2D eigenvalue weighted by Gasteiger charge is -2.26. The average Bonchev–Trinajstić information content (AvgIpc) is 2.96. The fraction of sp³-hybridized carbons (Fsp3) is 0.581. The molecule has 2 fully saturated rings. The van der Waals surface area contributed by atoms with Gasteiger partial charge in [0, 0.05) is 50.6 Å². The van der Waals surface area contributed by atoms with E-state index in [9.17, 15) is 4.79 Å². The summed E-state index contributed by atoms with van der Waals surface area (Å²) in [6.45, 7) is 16.5. The number of carbonyl (C=O) groups is 1. The minimum atomic E-state index is -0.506. The molecule has 2 aromatic carbocycles. The number of ether oxygens (including phenoxy) is 5. The number of nitrogens with one attached hydrogen (secondary N) is 1. The van der Waals surface area contributed by atoms with E-state index in [1.165, 1.54) is 0 Å². The summed E-state index contributed by atoms with van der Waals surface area (Å²) < 4.78 is 27.2. The standard InChI is InChI=1S/C18H28N2O4.C13H20N2O2/c1-18(2,3)24-17(21)19-15-5-7-16(8-6-15)23-12-4-9-20-10-13-22-14-11-20;14-12-2-4-13(5-3-12)17-9-1-6-15-7-10-16-11-8-15/h5-8H,4,9-14H2,1-3H3,(H,19,21);2-5H,1,6-11,14H2. The minimum absolute atomic E-state index is 0.457. The average molecular weight is 573 g/mol. The quantitative estimate of drug-likeness (QED) is 0.297. The SMILES string of the molecule is CC(C)(C)OC(=O)Nc1ccc(OCCCN2CCOCC2)cc1.Nc1ccc(OCCCN2CCOCC2)cc1. The normalized spacial score (nSPS) is 16.3. The molecule has 0 spiro atoms. The Balaban J connectivity index is 0.000000239. The third-order valence-electron chi connectivity index (χ3n) is 6.36. The molecule has 10 nitrogen and oxygen atoms in total. The predicted molar refractivity (Wildman–Crippen MR) is 162 cm³/mol. The largest absolute Gasteiger partial charge is 0.494 e. The first-order valence-corrected chi connectivity index (χ1v) is 14.6. The molecule has 2 heterocycles. The maximum Gasteiger partial charge on any atom is 0.412 e. The summed E-state index contributed by atoms with van der Waals surface area (Å²) in [6.07, 6.45) is 1.57. The number of benzene rings is 2. The van der Waals surface area contributed by atoms with Crippen LogP contribution in [0.3, 0.4) is 0 Å². The third kappa shape index (κ3) is 14.4. The molecular formula is C31H48N4O6. The van der Waals surface area contributed by atoms with Crippen molar-refractivity contribution >= 4 is 17.5 Å². The zero-order chi connectivity index (χ0) is 29.3. The van der Waals surface area contributed by atoms with Crippen LogP contribution in [0.1, 0.15) is 33.6 Å². The highest BCUT2D eigenvalue weighted by atomic mass is 16.6. The van der Waals surface area contributed by atoms with Crippen LogP contribution in [0.2, 0.25) is 0 Å². The van der Waals surface area contributed by atoms with E-state index in [0.717, 1.165) is 102 Å². The fourth-order valence-corrected chi connectivity index (χ4v) is 4.23. The van der Waals surface area contributed by atoms with Crippen molar-refractivity contribution in [1.82, 2.24) is 9.80 Å². The molecule has 0 aromatic heterocycles. The van der Waals surface area contributed by atoms with E-state index in [2.05, 4.69) is 15.1 Å². The molecule has 0 radical (unpaired) electrons. The van der Waals surface area contributed by atoms with Crippen LogP contribution < -0.4 is 20.5 Å².